The second-order valence-electron chi connectivity index (χ2n) is 11.6. The molecule has 2 amide bonds. The molecule has 0 bridgehead atoms. The summed E-state index contributed by atoms with van der Waals surface area (Å²) in [5.41, 5.74) is 5.25. The fourth-order valence-corrected chi connectivity index (χ4v) is 6.07. The van der Waals surface area contributed by atoms with Gasteiger partial charge in [-0.05, 0) is 80.3 Å². The number of benzene rings is 3. The van der Waals surface area contributed by atoms with Crippen LogP contribution in [0.4, 0.5) is 0 Å². The summed E-state index contributed by atoms with van der Waals surface area (Å²) in [6, 6.07) is 22.4. The third-order valence-corrected chi connectivity index (χ3v) is 8.73. The van der Waals surface area contributed by atoms with Crippen molar-refractivity contribution in [3.05, 3.63) is 122 Å². The van der Waals surface area contributed by atoms with Crippen molar-refractivity contribution < 1.29 is 18.7 Å². The van der Waals surface area contributed by atoms with Gasteiger partial charge in [-0.15, -0.1) is 0 Å². The maximum atomic E-state index is 12.6. The molecule has 1 aromatic heterocycles. The lowest BCUT2D eigenvalue weighted by Gasteiger charge is -2.27. The predicted molar refractivity (Wildman–Crippen MR) is 178 cm³/mol. The standard InChI is InChI=1S/C30H32N2O5.C7H7Cl/c1-36-23-12-13-25-26(33)18-28(37-27(25)17-23)30(35)31-15-14-20-8-10-21(11-9-20)24-6-3-2-5-22(24)19-32-16-4-7-29(32)34;1-6-2-4-7(8)5-3-6/h2-3,5-6,12-14,17-18,21H,4,7-11,15-16,19H2,1H3,(H,31,35);2-5H,1H3. The zero-order valence-electron chi connectivity index (χ0n) is 25.8. The number of likely N-dealkylation sites (tertiary alicyclic amines) is 1. The molecule has 234 valence electrons. The second kappa shape index (κ2) is 15.1. The highest BCUT2D eigenvalue weighted by Gasteiger charge is 2.24. The number of ether oxygens (including phenoxy) is 1. The average Bonchev–Trinajstić information content (AvgIpc) is 3.46. The normalized spacial score (nSPS) is 16.2. The molecule has 2 fully saturated rings. The molecule has 3 aromatic carbocycles. The first-order chi connectivity index (χ1) is 21.8. The van der Waals surface area contributed by atoms with Gasteiger partial charge in [-0.1, -0.05) is 65.2 Å². The topological polar surface area (TPSA) is 88.9 Å². The summed E-state index contributed by atoms with van der Waals surface area (Å²) in [7, 11) is 1.53. The van der Waals surface area contributed by atoms with Crippen LogP contribution in [-0.4, -0.2) is 36.9 Å². The molecule has 4 aromatic rings. The monoisotopic (exact) mass is 626 g/mol. The first-order valence-corrected chi connectivity index (χ1v) is 15.8. The number of hydrogen-bond acceptors (Lipinski definition) is 5. The average molecular weight is 627 g/mol. The summed E-state index contributed by atoms with van der Waals surface area (Å²) in [5, 5.41) is 4.06. The highest BCUT2D eigenvalue weighted by Crippen LogP contribution is 2.37. The molecule has 0 unspecified atom stereocenters. The molecule has 7 nitrogen and oxygen atoms in total. The fraction of sp³-hybridized carbons (Fsp3) is 0.324. The van der Waals surface area contributed by atoms with E-state index in [0.717, 1.165) is 43.7 Å². The van der Waals surface area contributed by atoms with E-state index in [1.54, 1.807) is 18.2 Å². The Labute approximate surface area is 268 Å². The first-order valence-electron chi connectivity index (χ1n) is 15.5. The Hall–Kier alpha value is -4.36. The van der Waals surface area contributed by atoms with Gasteiger partial charge in [0.25, 0.3) is 5.91 Å². The van der Waals surface area contributed by atoms with E-state index in [0.29, 0.717) is 42.1 Å². The quantitative estimate of drug-likeness (QED) is 0.214. The number of allylic oxidation sites excluding steroid dienone is 1. The van der Waals surface area contributed by atoms with Gasteiger partial charge in [0.05, 0.1) is 12.5 Å². The molecule has 6 rings (SSSR count). The summed E-state index contributed by atoms with van der Waals surface area (Å²) in [4.78, 5) is 39.1. The van der Waals surface area contributed by atoms with Crippen molar-refractivity contribution in [2.45, 2.75) is 57.9 Å². The number of nitrogens with zero attached hydrogens (tertiary/aromatic N) is 1. The lowest BCUT2D eigenvalue weighted by atomic mass is 9.80. The van der Waals surface area contributed by atoms with E-state index in [-0.39, 0.29) is 17.1 Å². The van der Waals surface area contributed by atoms with Crippen LogP contribution >= 0.6 is 11.6 Å². The number of halogens is 1. The summed E-state index contributed by atoms with van der Waals surface area (Å²) >= 11 is 5.61. The van der Waals surface area contributed by atoms with Gasteiger partial charge in [0.2, 0.25) is 5.91 Å². The van der Waals surface area contributed by atoms with E-state index in [1.807, 2.05) is 36.1 Å². The van der Waals surface area contributed by atoms with Gasteiger partial charge < -0.3 is 19.4 Å². The van der Waals surface area contributed by atoms with E-state index >= 15 is 0 Å². The van der Waals surface area contributed by atoms with Gasteiger partial charge in [-0.3, -0.25) is 14.4 Å². The maximum absolute atomic E-state index is 12.6. The van der Waals surface area contributed by atoms with E-state index in [9.17, 15) is 14.4 Å². The van der Waals surface area contributed by atoms with Crippen LogP contribution in [0.3, 0.4) is 0 Å². The predicted octanol–water partition coefficient (Wildman–Crippen LogP) is 7.59. The number of carbonyl (C=O) groups excluding carboxylic acids is 2. The molecule has 1 aliphatic carbocycles. The molecule has 0 spiro atoms. The summed E-state index contributed by atoms with van der Waals surface area (Å²) in [6.07, 6.45) is 7.74. The molecule has 2 aliphatic rings. The molecule has 1 N–H and O–H groups in total. The zero-order valence-corrected chi connectivity index (χ0v) is 26.6. The largest absolute Gasteiger partial charge is 0.497 e. The van der Waals surface area contributed by atoms with E-state index in [4.69, 9.17) is 20.8 Å². The molecule has 1 aliphatic heterocycles. The maximum Gasteiger partial charge on any atom is 0.287 e. The summed E-state index contributed by atoms with van der Waals surface area (Å²) in [5.74, 6) is 0.859. The minimum absolute atomic E-state index is 0.0130. The van der Waals surface area contributed by atoms with Crippen LogP contribution in [0.5, 0.6) is 5.75 Å². The van der Waals surface area contributed by atoms with E-state index < -0.39 is 5.91 Å². The number of amides is 2. The molecule has 45 heavy (non-hydrogen) atoms. The minimum Gasteiger partial charge on any atom is -0.497 e. The molecular weight excluding hydrogens is 588 g/mol. The molecule has 0 radical (unpaired) electrons. The lowest BCUT2D eigenvalue weighted by Crippen LogP contribution is -2.25. The minimum atomic E-state index is -0.419. The summed E-state index contributed by atoms with van der Waals surface area (Å²) < 4.78 is 10.9. The Balaban J connectivity index is 0.000000436. The lowest BCUT2D eigenvalue weighted by molar-refractivity contribution is -0.128. The van der Waals surface area contributed by atoms with Crippen LogP contribution in [0, 0.1) is 6.92 Å². The second-order valence-corrected chi connectivity index (χ2v) is 12.0. The van der Waals surface area contributed by atoms with Gasteiger partial charge in [-0.2, -0.15) is 0 Å². The fourth-order valence-electron chi connectivity index (χ4n) is 5.94. The van der Waals surface area contributed by atoms with Crippen molar-refractivity contribution in [3.8, 4) is 5.75 Å². The summed E-state index contributed by atoms with van der Waals surface area (Å²) in [6.45, 7) is 3.98. The van der Waals surface area contributed by atoms with Crippen LogP contribution in [-0.2, 0) is 11.3 Å². The van der Waals surface area contributed by atoms with Gasteiger partial charge in [0.1, 0.15) is 11.3 Å². The van der Waals surface area contributed by atoms with Crippen molar-refractivity contribution in [1.29, 1.82) is 0 Å². The van der Waals surface area contributed by atoms with Crippen LogP contribution in [0.25, 0.3) is 11.0 Å². The van der Waals surface area contributed by atoms with E-state index in [2.05, 4.69) is 35.7 Å². The van der Waals surface area contributed by atoms with Crippen molar-refractivity contribution >= 4 is 34.4 Å². The van der Waals surface area contributed by atoms with Crippen molar-refractivity contribution in [3.63, 3.8) is 0 Å². The Morgan fingerprint density at radius 1 is 1.02 bits per heavy atom. The third-order valence-electron chi connectivity index (χ3n) is 8.48. The number of fused-ring (bicyclic) bond motifs is 1. The smallest absolute Gasteiger partial charge is 0.287 e. The number of nitrogens with one attached hydrogen (secondary N) is 1. The van der Waals surface area contributed by atoms with Crippen LogP contribution < -0.4 is 15.5 Å². The number of hydrogen-bond donors (Lipinski definition) is 1. The molecule has 8 heteroatoms. The van der Waals surface area contributed by atoms with Gasteiger partial charge in [0, 0.05) is 43.2 Å². The van der Waals surface area contributed by atoms with Crippen LogP contribution in [0.15, 0.2) is 93.7 Å². The van der Waals surface area contributed by atoms with E-state index in [1.165, 1.54) is 35.4 Å². The van der Waals surface area contributed by atoms with Crippen molar-refractivity contribution in [2.24, 2.45) is 0 Å². The highest BCUT2D eigenvalue weighted by atomic mass is 35.5. The van der Waals surface area contributed by atoms with Crippen LogP contribution in [0.1, 0.15) is 71.7 Å². The van der Waals surface area contributed by atoms with Gasteiger partial charge in [0.15, 0.2) is 11.2 Å². The number of methoxy groups -OCH3 is 1. The van der Waals surface area contributed by atoms with Crippen molar-refractivity contribution in [1.82, 2.24) is 10.2 Å². The number of rotatable bonds is 7. The molecule has 1 saturated carbocycles. The third kappa shape index (κ3) is 8.43. The Morgan fingerprint density at radius 3 is 2.47 bits per heavy atom. The Bertz CT molecular complexity index is 1710. The molecule has 1 saturated heterocycles. The zero-order chi connectivity index (χ0) is 31.8. The SMILES string of the molecule is COc1ccc2c(=O)cc(C(=O)NCC=C3CCC(c4ccccc4CN4CCCC4=O)CC3)oc2c1.Cc1ccc(Cl)cc1. The van der Waals surface area contributed by atoms with Gasteiger partial charge >= 0.3 is 0 Å². The molecule has 2 heterocycles. The van der Waals surface area contributed by atoms with Crippen molar-refractivity contribution in [2.75, 3.05) is 20.2 Å². The molecule has 0 atom stereocenters. The highest BCUT2D eigenvalue weighted by molar-refractivity contribution is 6.30. The Kier molecular flexibility index (Phi) is 10.7. The number of aryl methyl sites for hydroxylation is 1. The number of carbonyl (C=O) groups is 2. The first kappa shape index (κ1) is 32.0. The van der Waals surface area contributed by atoms with Gasteiger partial charge in [-0.25, -0.2) is 0 Å². The molecular formula is C37H39ClN2O5. The van der Waals surface area contributed by atoms with Crippen LogP contribution in [0.2, 0.25) is 5.02 Å². The Morgan fingerprint density at radius 2 is 1.78 bits per heavy atom.